The molecule has 2 rings (SSSR count). The molecule has 0 aromatic heterocycles. The van der Waals surface area contributed by atoms with Crippen molar-refractivity contribution >= 4 is 35.0 Å². The Hall–Kier alpha value is -2.12. The molecule has 0 bridgehead atoms. The fourth-order valence-electron chi connectivity index (χ4n) is 3.14. The van der Waals surface area contributed by atoms with Crippen LogP contribution in [0, 0.1) is 12.8 Å². The van der Waals surface area contributed by atoms with Crippen LogP contribution in [0.4, 0.5) is 5.69 Å². The number of piperidine rings is 1. The van der Waals surface area contributed by atoms with Gasteiger partial charge in [0.1, 0.15) is 0 Å². The summed E-state index contributed by atoms with van der Waals surface area (Å²) < 4.78 is 0. The topological polar surface area (TPSA) is 95.7 Å². The molecule has 0 aliphatic carbocycles. The summed E-state index contributed by atoms with van der Waals surface area (Å²) in [5.41, 5.74) is 6.88. The van der Waals surface area contributed by atoms with Crippen LogP contribution in [0.25, 0.3) is 0 Å². The van der Waals surface area contributed by atoms with E-state index in [1.807, 2.05) is 24.8 Å². The van der Waals surface area contributed by atoms with Crippen LogP contribution >= 0.6 is 11.6 Å². The SMILES string of the molecule is CCN(CC(=O)Nc1cc(Cl)ccc1C)C(=O)CN1CCC(C(N)=O)CC1. The molecular formula is C19H27ClN4O3. The van der Waals surface area contributed by atoms with Gasteiger partial charge in [-0.25, -0.2) is 0 Å². The molecule has 1 fully saturated rings. The lowest BCUT2D eigenvalue weighted by molar-refractivity contribution is -0.136. The van der Waals surface area contributed by atoms with Crippen LogP contribution in [0.3, 0.4) is 0 Å². The number of aryl methyl sites for hydroxylation is 1. The lowest BCUT2D eigenvalue weighted by Crippen LogP contribution is -2.46. The van der Waals surface area contributed by atoms with Crippen LogP contribution in [0.1, 0.15) is 25.3 Å². The van der Waals surface area contributed by atoms with Crippen molar-refractivity contribution in [1.29, 1.82) is 0 Å². The summed E-state index contributed by atoms with van der Waals surface area (Å²) >= 11 is 5.97. The van der Waals surface area contributed by atoms with E-state index in [-0.39, 0.29) is 36.7 Å². The van der Waals surface area contributed by atoms with E-state index in [0.717, 1.165) is 5.56 Å². The fourth-order valence-corrected chi connectivity index (χ4v) is 3.31. The average molecular weight is 395 g/mol. The molecule has 0 atom stereocenters. The first kappa shape index (κ1) is 21.2. The molecule has 1 aromatic rings. The first-order chi connectivity index (χ1) is 12.8. The minimum Gasteiger partial charge on any atom is -0.369 e. The largest absolute Gasteiger partial charge is 0.369 e. The molecular weight excluding hydrogens is 368 g/mol. The molecule has 0 saturated carbocycles. The number of halogens is 1. The predicted molar refractivity (Wildman–Crippen MR) is 105 cm³/mol. The number of nitrogens with zero attached hydrogens (tertiary/aromatic N) is 2. The van der Waals surface area contributed by atoms with E-state index in [2.05, 4.69) is 5.32 Å². The molecule has 1 saturated heterocycles. The molecule has 1 aliphatic rings. The number of nitrogens with two attached hydrogens (primary N) is 1. The van der Waals surface area contributed by atoms with Gasteiger partial charge in [0.15, 0.2) is 0 Å². The van der Waals surface area contributed by atoms with Gasteiger partial charge in [0.2, 0.25) is 17.7 Å². The van der Waals surface area contributed by atoms with E-state index in [9.17, 15) is 14.4 Å². The Morgan fingerprint density at radius 1 is 1.30 bits per heavy atom. The number of anilines is 1. The molecule has 3 N–H and O–H groups in total. The third-order valence-electron chi connectivity index (χ3n) is 4.89. The number of rotatable bonds is 7. The third kappa shape index (κ3) is 6.22. The standard InChI is InChI=1S/C19H27ClN4O3/c1-3-24(11-17(25)22-16-10-15(20)5-4-13(16)2)18(26)12-23-8-6-14(7-9-23)19(21)27/h4-5,10,14H,3,6-9,11-12H2,1-2H3,(H2,21,27)(H,22,25). The molecule has 0 spiro atoms. The molecule has 7 nitrogen and oxygen atoms in total. The van der Waals surface area contributed by atoms with Gasteiger partial charge in [0.05, 0.1) is 13.1 Å². The number of carbonyl (C=O) groups excluding carboxylic acids is 3. The summed E-state index contributed by atoms with van der Waals surface area (Å²) in [7, 11) is 0. The quantitative estimate of drug-likeness (QED) is 0.734. The van der Waals surface area contributed by atoms with E-state index in [1.165, 1.54) is 4.90 Å². The highest BCUT2D eigenvalue weighted by Crippen LogP contribution is 2.20. The van der Waals surface area contributed by atoms with Crippen molar-refractivity contribution in [2.75, 3.05) is 38.0 Å². The Kier molecular flexibility index (Phi) is 7.62. The second-order valence-corrected chi connectivity index (χ2v) is 7.30. The normalized spacial score (nSPS) is 15.4. The van der Waals surface area contributed by atoms with Crippen LogP contribution < -0.4 is 11.1 Å². The number of likely N-dealkylation sites (N-methyl/N-ethyl adjacent to an activating group) is 1. The highest BCUT2D eigenvalue weighted by molar-refractivity contribution is 6.31. The Morgan fingerprint density at radius 2 is 1.96 bits per heavy atom. The van der Waals surface area contributed by atoms with Gasteiger partial charge >= 0.3 is 0 Å². The molecule has 1 heterocycles. The Bertz CT molecular complexity index is 702. The smallest absolute Gasteiger partial charge is 0.244 e. The van der Waals surface area contributed by atoms with Crippen LogP contribution in [0.2, 0.25) is 5.02 Å². The zero-order valence-electron chi connectivity index (χ0n) is 15.8. The van der Waals surface area contributed by atoms with Crippen molar-refractivity contribution in [3.8, 4) is 0 Å². The Labute approximate surface area is 164 Å². The maximum Gasteiger partial charge on any atom is 0.244 e. The van der Waals surface area contributed by atoms with Crippen LogP contribution in [0.15, 0.2) is 18.2 Å². The maximum atomic E-state index is 12.6. The second kappa shape index (κ2) is 9.71. The van der Waals surface area contributed by atoms with E-state index < -0.39 is 0 Å². The first-order valence-electron chi connectivity index (χ1n) is 9.15. The molecule has 27 heavy (non-hydrogen) atoms. The minimum atomic E-state index is -0.274. The molecule has 3 amide bonds. The Balaban J connectivity index is 1.86. The lowest BCUT2D eigenvalue weighted by Gasteiger charge is -2.31. The van der Waals surface area contributed by atoms with Crippen LogP contribution in [-0.2, 0) is 14.4 Å². The number of amides is 3. The predicted octanol–water partition coefficient (Wildman–Crippen LogP) is 1.63. The van der Waals surface area contributed by atoms with Gasteiger partial charge in [-0.15, -0.1) is 0 Å². The summed E-state index contributed by atoms with van der Waals surface area (Å²) in [6, 6.07) is 5.28. The molecule has 8 heteroatoms. The van der Waals surface area contributed by atoms with Gasteiger partial charge in [0, 0.05) is 23.2 Å². The minimum absolute atomic E-state index is 0.0148. The molecule has 1 aliphatic heterocycles. The van der Waals surface area contributed by atoms with E-state index in [4.69, 9.17) is 17.3 Å². The average Bonchev–Trinajstić information content (AvgIpc) is 2.63. The van der Waals surface area contributed by atoms with Crippen LogP contribution in [-0.4, -0.2) is 60.2 Å². The number of carbonyl (C=O) groups is 3. The van der Waals surface area contributed by atoms with Gasteiger partial charge in [-0.2, -0.15) is 0 Å². The number of primary amides is 1. The van der Waals surface area contributed by atoms with Gasteiger partial charge in [0.25, 0.3) is 0 Å². The second-order valence-electron chi connectivity index (χ2n) is 6.87. The van der Waals surface area contributed by atoms with Crippen molar-refractivity contribution in [3.63, 3.8) is 0 Å². The van der Waals surface area contributed by atoms with Crippen molar-refractivity contribution in [3.05, 3.63) is 28.8 Å². The molecule has 0 unspecified atom stereocenters. The first-order valence-corrected chi connectivity index (χ1v) is 9.53. The van der Waals surface area contributed by atoms with E-state index in [1.54, 1.807) is 12.1 Å². The van der Waals surface area contributed by atoms with E-state index >= 15 is 0 Å². The maximum absolute atomic E-state index is 12.6. The zero-order valence-corrected chi connectivity index (χ0v) is 16.6. The van der Waals surface area contributed by atoms with Gasteiger partial charge in [-0.3, -0.25) is 19.3 Å². The fraction of sp³-hybridized carbons (Fsp3) is 0.526. The molecule has 0 radical (unpaired) electrons. The lowest BCUT2D eigenvalue weighted by atomic mass is 9.96. The summed E-state index contributed by atoms with van der Waals surface area (Å²) in [6.07, 6.45) is 1.34. The van der Waals surface area contributed by atoms with Crippen molar-refractivity contribution in [2.45, 2.75) is 26.7 Å². The third-order valence-corrected chi connectivity index (χ3v) is 5.13. The van der Waals surface area contributed by atoms with Gasteiger partial charge in [-0.1, -0.05) is 17.7 Å². The van der Waals surface area contributed by atoms with Crippen molar-refractivity contribution in [2.24, 2.45) is 11.7 Å². The monoisotopic (exact) mass is 394 g/mol. The van der Waals surface area contributed by atoms with Crippen LogP contribution in [0.5, 0.6) is 0 Å². The number of hydrogen-bond acceptors (Lipinski definition) is 4. The highest BCUT2D eigenvalue weighted by Gasteiger charge is 2.26. The summed E-state index contributed by atoms with van der Waals surface area (Å²) in [4.78, 5) is 39.7. The van der Waals surface area contributed by atoms with Crippen molar-refractivity contribution in [1.82, 2.24) is 9.80 Å². The number of nitrogens with one attached hydrogen (secondary N) is 1. The number of benzene rings is 1. The van der Waals surface area contributed by atoms with E-state index in [0.29, 0.717) is 43.2 Å². The summed E-state index contributed by atoms with van der Waals surface area (Å²) in [6.45, 7) is 5.70. The molecule has 1 aromatic carbocycles. The summed E-state index contributed by atoms with van der Waals surface area (Å²) in [5.74, 6) is -0.745. The zero-order chi connectivity index (χ0) is 20.0. The van der Waals surface area contributed by atoms with Crippen molar-refractivity contribution < 1.29 is 14.4 Å². The molecule has 148 valence electrons. The Morgan fingerprint density at radius 3 is 2.56 bits per heavy atom. The number of likely N-dealkylation sites (tertiary alicyclic amines) is 1. The highest BCUT2D eigenvalue weighted by atomic mass is 35.5. The van der Waals surface area contributed by atoms with Gasteiger partial charge < -0.3 is 16.0 Å². The number of hydrogen-bond donors (Lipinski definition) is 2. The van der Waals surface area contributed by atoms with Gasteiger partial charge in [-0.05, 0) is 57.5 Å². The summed E-state index contributed by atoms with van der Waals surface area (Å²) in [5, 5.41) is 3.35.